The molecule has 1 atom stereocenters. The monoisotopic (exact) mass is 311 g/mol. The zero-order valence-corrected chi connectivity index (χ0v) is 12.3. The van der Waals surface area contributed by atoms with Crippen LogP contribution in [-0.4, -0.2) is 50.6 Å². The highest BCUT2D eigenvalue weighted by Gasteiger charge is 2.33. The van der Waals surface area contributed by atoms with Crippen molar-refractivity contribution in [3.8, 4) is 0 Å². The van der Waals surface area contributed by atoms with E-state index in [1.54, 1.807) is 0 Å². The molecule has 1 N–H and O–H groups in total. The predicted octanol–water partition coefficient (Wildman–Crippen LogP) is 1.32. The average molecular weight is 312 g/mol. The average Bonchev–Trinajstić information content (AvgIpc) is 2.36. The van der Waals surface area contributed by atoms with Crippen LogP contribution in [0.15, 0.2) is 28.7 Å². The van der Waals surface area contributed by atoms with Crippen LogP contribution in [0.1, 0.15) is 0 Å². The van der Waals surface area contributed by atoms with Crippen molar-refractivity contribution in [2.75, 3.05) is 38.6 Å². The maximum absolute atomic E-state index is 12.5. The lowest BCUT2D eigenvalue weighted by atomic mass is 10.1. The largest absolute Gasteiger partial charge is 0.318 e. The third-order valence-electron chi connectivity index (χ3n) is 3.30. The Morgan fingerprint density at radius 3 is 2.78 bits per heavy atom. The molecule has 0 radical (unpaired) electrons. The van der Waals surface area contributed by atoms with Crippen molar-refractivity contribution in [1.29, 1.82) is 0 Å². The summed E-state index contributed by atoms with van der Waals surface area (Å²) in [5.74, 6) is 0.157. The molecule has 5 heteroatoms. The molecule has 0 saturated carbocycles. The highest BCUT2D eigenvalue weighted by molar-refractivity contribution is 9.10. The summed E-state index contributed by atoms with van der Waals surface area (Å²) in [4.78, 5) is 16.5. The van der Waals surface area contributed by atoms with Gasteiger partial charge in [-0.2, -0.15) is 0 Å². The molecule has 1 fully saturated rings. The number of halogens is 1. The minimum absolute atomic E-state index is 0.0872. The van der Waals surface area contributed by atoms with Crippen LogP contribution in [0.5, 0.6) is 0 Å². The van der Waals surface area contributed by atoms with Crippen LogP contribution in [-0.2, 0) is 4.79 Å². The number of anilines is 1. The number of carbonyl (C=O) groups is 1. The number of piperazine rings is 1. The van der Waals surface area contributed by atoms with Crippen molar-refractivity contribution >= 4 is 27.5 Å². The van der Waals surface area contributed by atoms with Gasteiger partial charge >= 0.3 is 0 Å². The lowest BCUT2D eigenvalue weighted by molar-refractivity contribution is -0.125. The maximum Gasteiger partial charge on any atom is 0.245 e. The van der Waals surface area contributed by atoms with E-state index in [4.69, 9.17) is 0 Å². The zero-order chi connectivity index (χ0) is 13.1. The van der Waals surface area contributed by atoms with E-state index < -0.39 is 0 Å². The van der Waals surface area contributed by atoms with Gasteiger partial charge in [0.2, 0.25) is 5.91 Å². The SMILES string of the molecule is CNCC1C(=O)N(c2ccccc2Br)CCN1C. The van der Waals surface area contributed by atoms with Gasteiger partial charge in [-0.15, -0.1) is 0 Å². The number of para-hydroxylation sites is 1. The molecule has 1 amide bonds. The van der Waals surface area contributed by atoms with Crippen LogP contribution in [0, 0.1) is 0 Å². The summed E-state index contributed by atoms with van der Waals surface area (Å²) in [6.45, 7) is 2.30. The predicted molar refractivity (Wildman–Crippen MR) is 76.8 cm³/mol. The first-order chi connectivity index (χ1) is 8.65. The fraction of sp³-hybridized carbons (Fsp3) is 0.462. The van der Waals surface area contributed by atoms with Crippen molar-refractivity contribution in [3.05, 3.63) is 28.7 Å². The van der Waals surface area contributed by atoms with Crippen LogP contribution in [0.25, 0.3) is 0 Å². The molecule has 1 unspecified atom stereocenters. The Labute approximate surface area is 116 Å². The summed E-state index contributed by atoms with van der Waals surface area (Å²) in [7, 11) is 3.87. The fourth-order valence-corrected chi connectivity index (χ4v) is 2.74. The van der Waals surface area contributed by atoms with E-state index in [-0.39, 0.29) is 11.9 Å². The molecule has 0 aromatic heterocycles. The molecular formula is C13H18BrN3O. The van der Waals surface area contributed by atoms with Crippen LogP contribution in [0.3, 0.4) is 0 Å². The zero-order valence-electron chi connectivity index (χ0n) is 10.7. The summed E-state index contributed by atoms with van der Waals surface area (Å²) < 4.78 is 0.964. The molecule has 0 aliphatic carbocycles. The van der Waals surface area contributed by atoms with Crippen molar-refractivity contribution in [3.63, 3.8) is 0 Å². The number of hydrogen-bond donors (Lipinski definition) is 1. The highest BCUT2D eigenvalue weighted by atomic mass is 79.9. The van der Waals surface area contributed by atoms with Crippen molar-refractivity contribution in [1.82, 2.24) is 10.2 Å². The van der Waals surface area contributed by atoms with Gasteiger partial charge in [-0.05, 0) is 42.2 Å². The number of nitrogens with one attached hydrogen (secondary N) is 1. The summed E-state index contributed by atoms with van der Waals surface area (Å²) >= 11 is 3.51. The van der Waals surface area contributed by atoms with E-state index in [1.807, 2.05) is 43.3 Å². The minimum Gasteiger partial charge on any atom is -0.318 e. The number of hydrogen-bond acceptors (Lipinski definition) is 3. The quantitative estimate of drug-likeness (QED) is 0.914. The summed E-state index contributed by atoms with van der Waals surface area (Å²) in [6.07, 6.45) is 0. The van der Waals surface area contributed by atoms with Gasteiger partial charge in [0.1, 0.15) is 6.04 Å². The normalized spacial score (nSPS) is 21.4. The van der Waals surface area contributed by atoms with Gasteiger partial charge < -0.3 is 10.2 Å². The Bertz CT molecular complexity index is 438. The molecule has 1 aliphatic heterocycles. The van der Waals surface area contributed by atoms with Gasteiger partial charge in [0.15, 0.2) is 0 Å². The van der Waals surface area contributed by atoms with Crippen LogP contribution in [0.2, 0.25) is 0 Å². The first-order valence-electron chi connectivity index (χ1n) is 6.06. The first-order valence-corrected chi connectivity index (χ1v) is 6.85. The second kappa shape index (κ2) is 5.82. The van der Waals surface area contributed by atoms with Gasteiger partial charge in [0.05, 0.1) is 5.69 Å². The van der Waals surface area contributed by atoms with Gasteiger partial charge in [-0.25, -0.2) is 0 Å². The first kappa shape index (κ1) is 13.5. The van der Waals surface area contributed by atoms with Gasteiger partial charge in [0, 0.05) is 24.1 Å². The van der Waals surface area contributed by atoms with Crippen LogP contribution >= 0.6 is 15.9 Å². The van der Waals surface area contributed by atoms with E-state index in [1.165, 1.54) is 0 Å². The molecule has 1 saturated heterocycles. The fourth-order valence-electron chi connectivity index (χ4n) is 2.24. The second-order valence-electron chi connectivity index (χ2n) is 4.50. The van der Waals surface area contributed by atoms with Gasteiger partial charge in [-0.1, -0.05) is 12.1 Å². The number of amides is 1. The summed E-state index contributed by atoms with van der Waals surface area (Å²) in [6, 6.07) is 7.77. The molecule has 0 spiro atoms. The van der Waals surface area contributed by atoms with E-state index >= 15 is 0 Å². The number of likely N-dealkylation sites (N-methyl/N-ethyl adjacent to an activating group) is 2. The Balaban J connectivity index is 2.25. The lowest BCUT2D eigenvalue weighted by Gasteiger charge is -2.38. The second-order valence-corrected chi connectivity index (χ2v) is 5.35. The van der Waals surface area contributed by atoms with Crippen LogP contribution < -0.4 is 10.2 Å². The Morgan fingerprint density at radius 1 is 1.39 bits per heavy atom. The number of nitrogens with zero attached hydrogens (tertiary/aromatic N) is 2. The Morgan fingerprint density at radius 2 is 2.11 bits per heavy atom. The third-order valence-corrected chi connectivity index (χ3v) is 3.97. The molecule has 98 valence electrons. The smallest absolute Gasteiger partial charge is 0.245 e. The molecule has 4 nitrogen and oxygen atoms in total. The molecule has 18 heavy (non-hydrogen) atoms. The number of benzene rings is 1. The maximum atomic E-state index is 12.5. The number of carbonyl (C=O) groups excluding carboxylic acids is 1. The third kappa shape index (κ3) is 2.58. The minimum atomic E-state index is -0.0872. The van der Waals surface area contributed by atoms with Crippen molar-refractivity contribution in [2.24, 2.45) is 0 Å². The molecule has 1 aromatic carbocycles. The number of rotatable bonds is 3. The molecule has 1 heterocycles. The summed E-state index contributed by atoms with van der Waals surface area (Å²) in [5, 5.41) is 3.08. The highest BCUT2D eigenvalue weighted by Crippen LogP contribution is 2.27. The van der Waals surface area contributed by atoms with Gasteiger partial charge in [0.25, 0.3) is 0 Å². The Hall–Kier alpha value is -0.910. The van der Waals surface area contributed by atoms with E-state index in [0.717, 1.165) is 23.2 Å². The van der Waals surface area contributed by atoms with E-state index in [0.29, 0.717) is 6.54 Å². The lowest BCUT2D eigenvalue weighted by Crippen LogP contribution is -2.58. The van der Waals surface area contributed by atoms with Crippen molar-refractivity contribution < 1.29 is 4.79 Å². The van der Waals surface area contributed by atoms with Crippen molar-refractivity contribution in [2.45, 2.75) is 6.04 Å². The Kier molecular flexibility index (Phi) is 4.37. The molecule has 1 aromatic rings. The molecular weight excluding hydrogens is 294 g/mol. The molecule has 0 bridgehead atoms. The molecule has 2 rings (SSSR count). The van der Waals surface area contributed by atoms with E-state index in [9.17, 15) is 4.79 Å². The standard InChI is InChI=1S/C13H18BrN3O/c1-15-9-12-13(18)17(8-7-16(12)2)11-6-4-3-5-10(11)14/h3-6,12,15H,7-9H2,1-2H3. The summed E-state index contributed by atoms with van der Waals surface area (Å²) in [5.41, 5.74) is 0.955. The van der Waals surface area contributed by atoms with E-state index in [2.05, 4.69) is 26.1 Å². The van der Waals surface area contributed by atoms with Gasteiger partial charge in [-0.3, -0.25) is 9.69 Å². The van der Waals surface area contributed by atoms with Crippen LogP contribution in [0.4, 0.5) is 5.69 Å². The topological polar surface area (TPSA) is 35.6 Å². The molecule has 1 aliphatic rings.